The topological polar surface area (TPSA) is 92.6 Å². The highest BCUT2D eigenvalue weighted by molar-refractivity contribution is 8.26. The van der Waals surface area contributed by atoms with Crippen molar-refractivity contribution in [2.24, 2.45) is 0 Å². The molecule has 1 aliphatic heterocycles. The first kappa shape index (κ1) is 23.6. The Kier molecular flexibility index (Phi) is 8.13. The second-order valence-electron chi connectivity index (χ2n) is 7.41. The molecular weight excluding hydrogens is 446 g/mol. The summed E-state index contributed by atoms with van der Waals surface area (Å²) in [6.45, 7) is 2.54. The van der Waals surface area contributed by atoms with Crippen LogP contribution in [0.1, 0.15) is 36.8 Å². The molecule has 2 amide bonds. The monoisotopic (exact) mass is 469 g/mol. The molecule has 3 rings (SSSR count). The normalized spacial score (nSPS) is 14.8. The Bertz CT molecular complexity index is 1050. The first-order valence-corrected chi connectivity index (χ1v) is 11.4. The molecule has 0 unspecified atom stereocenters. The minimum atomic E-state index is -0.484. The summed E-state index contributed by atoms with van der Waals surface area (Å²) in [5, 5.41) is 13.4. The van der Waals surface area contributed by atoms with Crippen molar-refractivity contribution in [3.63, 3.8) is 0 Å². The maximum Gasteiger partial charge on any atom is 0.269 e. The Morgan fingerprint density at radius 2 is 1.81 bits per heavy atom. The smallest absolute Gasteiger partial charge is 0.269 e. The predicted octanol–water partition coefficient (Wildman–Crippen LogP) is 5.30. The van der Waals surface area contributed by atoms with E-state index in [2.05, 4.69) is 5.32 Å². The van der Waals surface area contributed by atoms with Crippen molar-refractivity contribution in [1.82, 2.24) is 4.90 Å². The minimum Gasteiger partial charge on any atom is -0.326 e. The van der Waals surface area contributed by atoms with Crippen LogP contribution in [-0.2, 0) is 9.59 Å². The van der Waals surface area contributed by atoms with Crippen molar-refractivity contribution in [3.8, 4) is 0 Å². The molecule has 166 valence electrons. The number of nitro benzene ring substituents is 1. The minimum absolute atomic E-state index is 0.0209. The van der Waals surface area contributed by atoms with Crippen LogP contribution in [0.15, 0.2) is 53.4 Å². The molecule has 0 aromatic heterocycles. The molecule has 0 atom stereocenters. The zero-order valence-electron chi connectivity index (χ0n) is 17.6. The van der Waals surface area contributed by atoms with E-state index < -0.39 is 4.92 Å². The lowest BCUT2D eigenvalue weighted by Crippen LogP contribution is -2.29. The Balaban J connectivity index is 1.40. The standard InChI is InChI=1S/C23H23N3O4S2/c1-16-6-8-17(9-7-16)15-20-22(28)25(23(31)32-20)14-4-2-3-5-21(27)24-18-10-12-19(13-11-18)26(29)30/h6-13,15H,2-5,14H2,1H3,(H,24,27)/b20-15-. The Hall–Kier alpha value is -3.04. The van der Waals surface area contributed by atoms with E-state index in [1.54, 1.807) is 4.90 Å². The van der Waals surface area contributed by atoms with Gasteiger partial charge in [0.1, 0.15) is 4.32 Å². The highest BCUT2D eigenvalue weighted by Gasteiger charge is 2.31. The van der Waals surface area contributed by atoms with Gasteiger partial charge in [0.2, 0.25) is 5.91 Å². The van der Waals surface area contributed by atoms with Crippen LogP contribution < -0.4 is 5.32 Å². The summed E-state index contributed by atoms with van der Waals surface area (Å²) < 4.78 is 0.560. The van der Waals surface area contributed by atoms with E-state index in [4.69, 9.17) is 12.2 Å². The SMILES string of the molecule is Cc1ccc(/C=C2\SC(=S)N(CCCCCC(=O)Nc3ccc([N+](=O)[O-])cc3)C2=O)cc1. The van der Waals surface area contributed by atoms with Gasteiger partial charge in [-0.15, -0.1) is 0 Å². The van der Waals surface area contributed by atoms with Gasteiger partial charge < -0.3 is 5.32 Å². The Labute approximate surface area is 196 Å². The zero-order chi connectivity index (χ0) is 23.1. The number of amides is 2. The van der Waals surface area contributed by atoms with Crippen molar-refractivity contribution in [1.29, 1.82) is 0 Å². The van der Waals surface area contributed by atoms with Gasteiger partial charge in [0.05, 0.1) is 9.83 Å². The molecule has 1 N–H and O–H groups in total. The molecule has 0 saturated carbocycles. The third kappa shape index (κ3) is 6.48. The van der Waals surface area contributed by atoms with Gasteiger partial charge in [-0.2, -0.15) is 0 Å². The number of thiocarbonyl (C=S) groups is 1. The van der Waals surface area contributed by atoms with Crippen LogP contribution in [0.3, 0.4) is 0 Å². The number of benzene rings is 2. The van der Waals surface area contributed by atoms with Gasteiger partial charge in [0.25, 0.3) is 11.6 Å². The molecule has 2 aromatic carbocycles. The summed E-state index contributed by atoms with van der Waals surface area (Å²) in [6, 6.07) is 13.7. The van der Waals surface area contributed by atoms with Crippen molar-refractivity contribution >= 4 is 57.6 Å². The van der Waals surface area contributed by atoms with Crippen molar-refractivity contribution in [2.45, 2.75) is 32.6 Å². The van der Waals surface area contributed by atoms with Gasteiger partial charge in [-0.25, -0.2) is 0 Å². The van der Waals surface area contributed by atoms with Gasteiger partial charge in [-0.05, 0) is 43.5 Å². The quantitative estimate of drug-likeness (QED) is 0.176. The molecule has 7 nitrogen and oxygen atoms in total. The van der Waals surface area contributed by atoms with Crippen LogP contribution in [0.5, 0.6) is 0 Å². The molecule has 9 heteroatoms. The number of carbonyl (C=O) groups is 2. The van der Waals surface area contributed by atoms with Crippen LogP contribution in [0.25, 0.3) is 6.08 Å². The van der Waals surface area contributed by atoms with E-state index in [9.17, 15) is 19.7 Å². The lowest BCUT2D eigenvalue weighted by Gasteiger charge is -2.14. The van der Waals surface area contributed by atoms with Crippen LogP contribution >= 0.6 is 24.0 Å². The number of hydrogen-bond acceptors (Lipinski definition) is 6. The molecule has 1 aliphatic rings. The van der Waals surface area contributed by atoms with E-state index in [1.807, 2.05) is 37.3 Å². The van der Waals surface area contributed by atoms with Gasteiger partial charge in [0, 0.05) is 30.8 Å². The third-order valence-electron chi connectivity index (χ3n) is 4.90. The molecule has 0 bridgehead atoms. The highest BCUT2D eigenvalue weighted by atomic mass is 32.2. The molecule has 1 fully saturated rings. The fourth-order valence-corrected chi connectivity index (χ4v) is 4.44. The maximum atomic E-state index is 12.7. The lowest BCUT2D eigenvalue weighted by molar-refractivity contribution is -0.384. The number of aryl methyl sites for hydroxylation is 1. The maximum absolute atomic E-state index is 12.7. The lowest BCUT2D eigenvalue weighted by atomic mass is 10.1. The molecule has 1 saturated heterocycles. The van der Waals surface area contributed by atoms with Crippen molar-refractivity contribution in [2.75, 3.05) is 11.9 Å². The van der Waals surface area contributed by atoms with Gasteiger partial charge in [-0.3, -0.25) is 24.6 Å². The first-order valence-electron chi connectivity index (χ1n) is 10.2. The van der Waals surface area contributed by atoms with Gasteiger partial charge >= 0.3 is 0 Å². The van der Waals surface area contributed by atoms with E-state index in [1.165, 1.54) is 36.0 Å². The molecular formula is C23H23N3O4S2. The summed E-state index contributed by atoms with van der Waals surface area (Å²) in [5.74, 6) is -0.220. The van der Waals surface area contributed by atoms with Crippen LogP contribution in [-0.4, -0.2) is 32.5 Å². The number of anilines is 1. The van der Waals surface area contributed by atoms with E-state index >= 15 is 0 Å². The fraction of sp³-hybridized carbons (Fsp3) is 0.261. The van der Waals surface area contributed by atoms with E-state index in [-0.39, 0.29) is 17.5 Å². The Morgan fingerprint density at radius 3 is 2.47 bits per heavy atom. The van der Waals surface area contributed by atoms with Gasteiger partial charge in [0.15, 0.2) is 0 Å². The number of nitrogens with one attached hydrogen (secondary N) is 1. The number of non-ortho nitro benzene ring substituents is 1. The number of hydrogen-bond donors (Lipinski definition) is 1. The van der Waals surface area contributed by atoms with E-state index in [0.717, 1.165) is 24.0 Å². The molecule has 0 radical (unpaired) electrons. The number of rotatable bonds is 9. The van der Waals surface area contributed by atoms with Crippen LogP contribution in [0.4, 0.5) is 11.4 Å². The van der Waals surface area contributed by atoms with Crippen LogP contribution in [0, 0.1) is 17.0 Å². The summed E-state index contributed by atoms with van der Waals surface area (Å²) in [4.78, 5) is 37.2. The van der Waals surface area contributed by atoms with Gasteiger partial charge in [-0.1, -0.05) is 60.2 Å². The van der Waals surface area contributed by atoms with E-state index in [0.29, 0.717) is 34.3 Å². The number of carbonyl (C=O) groups excluding carboxylic acids is 2. The zero-order valence-corrected chi connectivity index (χ0v) is 19.2. The highest BCUT2D eigenvalue weighted by Crippen LogP contribution is 2.32. The summed E-state index contributed by atoms with van der Waals surface area (Å²) in [5.41, 5.74) is 2.64. The molecule has 0 spiro atoms. The second-order valence-corrected chi connectivity index (χ2v) is 9.08. The molecule has 32 heavy (non-hydrogen) atoms. The molecule has 2 aromatic rings. The largest absolute Gasteiger partial charge is 0.326 e. The van der Waals surface area contributed by atoms with Crippen LogP contribution in [0.2, 0.25) is 0 Å². The number of nitro groups is 1. The summed E-state index contributed by atoms with van der Waals surface area (Å²) in [6.07, 6.45) is 4.40. The summed E-state index contributed by atoms with van der Waals surface area (Å²) in [7, 11) is 0. The molecule has 1 heterocycles. The first-order chi connectivity index (χ1) is 15.3. The number of nitrogens with zero attached hydrogens (tertiary/aromatic N) is 2. The van der Waals surface area contributed by atoms with Crippen molar-refractivity contribution < 1.29 is 14.5 Å². The summed E-state index contributed by atoms with van der Waals surface area (Å²) >= 11 is 6.69. The number of thioether (sulfide) groups is 1. The Morgan fingerprint density at radius 1 is 1.12 bits per heavy atom. The third-order valence-corrected chi connectivity index (χ3v) is 6.27. The average molecular weight is 470 g/mol. The number of unbranched alkanes of at least 4 members (excludes halogenated alkanes) is 2. The average Bonchev–Trinajstić information content (AvgIpc) is 3.02. The van der Waals surface area contributed by atoms with Crippen molar-refractivity contribution in [3.05, 3.63) is 74.7 Å². The molecule has 0 aliphatic carbocycles. The predicted molar refractivity (Wildman–Crippen MR) is 131 cm³/mol. The second kappa shape index (κ2) is 11.0. The fourth-order valence-electron chi connectivity index (χ4n) is 3.13.